The molecule has 7 heteroatoms. The Balaban J connectivity index is 1.74. The van der Waals surface area contributed by atoms with E-state index in [1.807, 2.05) is 34.7 Å². The minimum absolute atomic E-state index is 0.121. The Kier molecular flexibility index (Phi) is 4.30. The first-order valence-electron chi connectivity index (χ1n) is 9.18. The van der Waals surface area contributed by atoms with Crippen molar-refractivity contribution in [1.82, 2.24) is 19.7 Å². The van der Waals surface area contributed by atoms with Crippen molar-refractivity contribution in [1.29, 1.82) is 0 Å². The van der Waals surface area contributed by atoms with Gasteiger partial charge in [-0.05, 0) is 31.4 Å². The molecule has 0 unspecified atom stereocenters. The van der Waals surface area contributed by atoms with Crippen LogP contribution in [0.3, 0.4) is 0 Å². The SMILES string of the molecule is CC(C)Cc1nc([C@@H](C)N2CCCC2=O)n(-c2ccc3c(c2)OCO3)n1. The van der Waals surface area contributed by atoms with Crippen LogP contribution in [0.15, 0.2) is 18.2 Å². The molecule has 3 heterocycles. The summed E-state index contributed by atoms with van der Waals surface area (Å²) < 4.78 is 12.7. The average Bonchev–Trinajstić information content (AvgIpc) is 3.32. The molecule has 1 amide bonds. The highest BCUT2D eigenvalue weighted by atomic mass is 16.7. The highest BCUT2D eigenvalue weighted by Crippen LogP contribution is 2.35. The second-order valence-electron chi connectivity index (χ2n) is 7.30. The molecule has 1 aromatic carbocycles. The van der Waals surface area contributed by atoms with E-state index >= 15 is 0 Å². The molecule has 26 heavy (non-hydrogen) atoms. The van der Waals surface area contributed by atoms with Crippen LogP contribution in [-0.2, 0) is 11.2 Å². The minimum Gasteiger partial charge on any atom is -0.454 e. The van der Waals surface area contributed by atoms with E-state index < -0.39 is 0 Å². The summed E-state index contributed by atoms with van der Waals surface area (Å²) in [7, 11) is 0. The van der Waals surface area contributed by atoms with Crippen LogP contribution in [0.25, 0.3) is 5.69 Å². The van der Waals surface area contributed by atoms with Gasteiger partial charge in [0, 0.05) is 25.5 Å². The van der Waals surface area contributed by atoms with Gasteiger partial charge in [-0.1, -0.05) is 13.8 Å². The zero-order chi connectivity index (χ0) is 18.3. The Morgan fingerprint density at radius 2 is 2.00 bits per heavy atom. The van der Waals surface area contributed by atoms with Crippen molar-refractivity contribution in [2.24, 2.45) is 5.92 Å². The fourth-order valence-corrected chi connectivity index (χ4v) is 3.52. The third-order valence-electron chi connectivity index (χ3n) is 4.82. The molecule has 0 spiro atoms. The molecule has 0 saturated carbocycles. The molecule has 4 rings (SSSR count). The molecule has 0 aliphatic carbocycles. The van der Waals surface area contributed by atoms with Gasteiger partial charge in [0.15, 0.2) is 23.1 Å². The van der Waals surface area contributed by atoms with Crippen LogP contribution in [0.2, 0.25) is 0 Å². The summed E-state index contributed by atoms with van der Waals surface area (Å²) in [6.45, 7) is 7.33. The number of ether oxygens (including phenoxy) is 2. The molecule has 1 fully saturated rings. The Labute approximate surface area is 152 Å². The summed E-state index contributed by atoms with van der Waals surface area (Å²) in [5.74, 6) is 3.67. The van der Waals surface area contributed by atoms with Gasteiger partial charge >= 0.3 is 0 Å². The number of carbonyl (C=O) groups excluding carboxylic acids is 1. The maximum absolute atomic E-state index is 12.2. The summed E-state index contributed by atoms with van der Waals surface area (Å²) in [5, 5.41) is 4.73. The summed E-state index contributed by atoms with van der Waals surface area (Å²) in [6, 6.07) is 5.63. The number of amides is 1. The third-order valence-corrected chi connectivity index (χ3v) is 4.82. The molecule has 1 atom stereocenters. The van der Waals surface area contributed by atoms with Crippen LogP contribution in [-0.4, -0.2) is 38.9 Å². The van der Waals surface area contributed by atoms with Gasteiger partial charge in [-0.2, -0.15) is 5.10 Å². The van der Waals surface area contributed by atoms with Crippen molar-refractivity contribution < 1.29 is 14.3 Å². The van der Waals surface area contributed by atoms with Gasteiger partial charge in [0.2, 0.25) is 12.7 Å². The van der Waals surface area contributed by atoms with Crippen molar-refractivity contribution in [2.45, 2.75) is 46.1 Å². The van der Waals surface area contributed by atoms with Crippen molar-refractivity contribution in [2.75, 3.05) is 13.3 Å². The highest BCUT2D eigenvalue weighted by Gasteiger charge is 2.30. The van der Waals surface area contributed by atoms with E-state index in [4.69, 9.17) is 19.6 Å². The first-order valence-corrected chi connectivity index (χ1v) is 9.18. The van der Waals surface area contributed by atoms with E-state index in [9.17, 15) is 4.79 Å². The minimum atomic E-state index is -0.121. The Morgan fingerprint density at radius 1 is 1.19 bits per heavy atom. The zero-order valence-corrected chi connectivity index (χ0v) is 15.4. The van der Waals surface area contributed by atoms with Gasteiger partial charge in [0.25, 0.3) is 0 Å². The zero-order valence-electron chi connectivity index (χ0n) is 15.4. The number of hydrogen-bond acceptors (Lipinski definition) is 5. The third kappa shape index (κ3) is 3.02. The second kappa shape index (κ2) is 6.63. The first-order chi connectivity index (χ1) is 12.5. The maximum Gasteiger partial charge on any atom is 0.231 e. The quantitative estimate of drug-likeness (QED) is 0.824. The van der Waals surface area contributed by atoms with Crippen LogP contribution >= 0.6 is 0 Å². The number of hydrogen-bond donors (Lipinski definition) is 0. The normalized spacial score (nSPS) is 17.4. The topological polar surface area (TPSA) is 69.5 Å². The predicted octanol–water partition coefficient (Wildman–Crippen LogP) is 2.88. The lowest BCUT2D eigenvalue weighted by atomic mass is 10.1. The summed E-state index contributed by atoms with van der Waals surface area (Å²) >= 11 is 0. The van der Waals surface area contributed by atoms with Crippen molar-refractivity contribution in [3.05, 3.63) is 29.8 Å². The van der Waals surface area contributed by atoms with Crippen molar-refractivity contribution in [3.63, 3.8) is 0 Å². The maximum atomic E-state index is 12.2. The van der Waals surface area contributed by atoms with Gasteiger partial charge in [-0.25, -0.2) is 9.67 Å². The van der Waals surface area contributed by atoms with Crippen LogP contribution in [0.4, 0.5) is 0 Å². The Bertz CT molecular complexity index is 830. The van der Waals surface area contributed by atoms with Crippen LogP contribution < -0.4 is 9.47 Å². The molecule has 0 bridgehead atoms. The highest BCUT2D eigenvalue weighted by molar-refractivity contribution is 5.78. The van der Waals surface area contributed by atoms with E-state index in [1.54, 1.807) is 0 Å². The van der Waals surface area contributed by atoms with E-state index in [1.165, 1.54) is 0 Å². The van der Waals surface area contributed by atoms with E-state index in [0.29, 0.717) is 18.1 Å². The number of fused-ring (bicyclic) bond motifs is 1. The van der Waals surface area contributed by atoms with Crippen LogP contribution in [0.5, 0.6) is 11.5 Å². The second-order valence-corrected chi connectivity index (χ2v) is 7.30. The molecule has 1 saturated heterocycles. The lowest BCUT2D eigenvalue weighted by Gasteiger charge is -2.23. The Hall–Kier alpha value is -2.57. The van der Waals surface area contributed by atoms with E-state index in [0.717, 1.165) is 42.5 Å². The largest absolute Gasteiger partial charge is 0.454 e. The van der Waals surface area contributed by atoms with Crippen molar-refractivity contribution >= 4 is 5.91 Å². The van der Waals surface area contributed by atoms with Gasteiger partial charge in [-0.15, -0.1) is 0 Å². The summed E-state index contributed by atoms with van der Waals surface area (Å²) in [4.78, 5) is 18.9. The van der Waals surface area contributed by atoms with Crippen LogP contribution in [0, 0.1) is 5.92 Å². The molecule has 0 N–H and O–H groups in total. The number of nitrogens with zero attached hydrogens (tertiary/aromatic N) is 4. The van der Waals surface area contributed by atoms with E-state index in [-0.39, 0.29) is 18.7 Å². The number of likely N-dealkylation sites (tertiary alicyclic amines) is 1. The first kappa shape index (κ1) is 16.9. The fraction of sp³-hybridized carbons (Fsp3) is 0.526. The molecular weight excluding hydrogens is 332 g/mol. The summed E-state index contributed by atoms with van der Waals surface area (Å²) in [6.07, 6.45) is 2.31. The number of carbonyl (C=O) groups is 1. The molecule has 0 radical (unpaired) electrons. The average molecular weight is 356 g/mol. The smallest absolute Gasteiger partial charge is 0.231 e. The standard InChI is InChI=1S/C19H24N4O3/c1-12(2)9-17-20-19(13(3)22-8-4-5-18(22)24)23(21-17)14-6-7-15-16(10-14)26-11-25-15/h6-7,10,12-13H,4-5,8-9,11H2,1-3H3/t13-/m1/s1. The molecule has 2 aliphatic rings. The lowest BCUT2D eigenvalue weighted by Crippen LogP contribution is -2.29. The number of benzene rings is 1. The monoisotopic (exact) mass is 356 g/mol. The van der Waals surface area contributed by atoms with Gasteiger partial charge in [0.05, 0.1) is 11.7 Å². The molecule has 2 aliphatic heterocycles. The van der Waals surface area contributed by atoms with Gasteiger partial charge < -0.3 is 14.4 Å². The van der Waals surface area contributed by atoms with Crippen LogP contribution in [0.1, 0.15) is 51.3 Å². The number of rotatable bonds is 5. The molecule has 7 nitrogen and oxygen atoms in total. The Morgan fingerprint density at radius 3 is 2.73 bits per heavy atom. The number of aromatic nitrogens is 3. The lowest BCUT2D eigenvalue weighted by molar-refractivity contribution is -0.129. The summed E-state index contributed by atoms with van der Waals surface area (Å²) in [5.41, 5.74) is 0.866. The van der Waals surface area contributed by atoms with Gasteiger partial charge in [0.1, 0.15) is 0 Å². The van der Waals surface area contributed by atoms with Gasteiger partial charge in [-0.3, -0.25) is 4.79 Å². The molecular formula is C19H24N4O3. The molecule has 138 valence electrons. The fourth-order valence-electron chi connectivity index (χ4n) is 3.52. The van der Waals surface area contributed by atoms with Crippen molar-refractivity contribution in [3.8, 4) is 17.2 Å². The molecule has 1 aromatic heterocycles. The molecule has 2 aromatic rings. The predicted molar refractivity (Wildman–Crippen MR) is 95.4 cm³/mol. The van der Waals surface area contributed by atoms with E-state index in [2.05, 4.69) is 13.8 Å².